The van der Waals surface area contributed by atoms with Gasteiger partial charge in [-0.25, -0.2) is 4.79 Å². The number of anilines is 1. The Bertz CT molecular complexity index is 749. The molecule has 0 aliphatic heterocycles. The molecule has 0 saturated heterocycles. The van der Waals surface area contributed by atoms with Gasteiger partial charge >= 0.3 is 5.97 Å². The summed E-state index contributed by atoms with van der Waals surface area (Å²) >= 11 is 0. The fourth-order valence-corrected chi connectivity index (χ4v) is 2.36. The topological polar surface area (TPSA) is 64.6 Å². The number of carbonyl (C=O) groups excluding carboxylic acids is 2. The molecular weight excluding hydrogens is 330 g/mol. The Labute approximate surface area is 154 Å². The van der Waals surface area contributed by atoms with Crippen molar-refractivity contribution in [3.8, 4) is 5.75 Å². The summed E-state index contributed by atoms with van der Waals surface area (Å²) < 4.78 is 10.2. The van der Waals surface area contributed by atoms with Crippen LogP contribution in [0.4, 0.5) is 5.69 Å². The van der Waals surface area contributed by atoms with Gasteiger partial charge in [-0.1, -0.05) is 32.9 Å². The van der Waals surface area contributed by atoms with Gasteiger partial charge in [-0.2, -0.15) is 0 Å². The van der Waals surface area contributed by atoms with Crippen molar-refractivity contribution >= 4 is 17.6 Å². The molecule has 0 spiro atoms. The Morgan fingerprint density at radius 3 is 2.15 bits per heavy atom. The molecule has 0 fully saturated rings. The lowest BCUT2D eigenvalue weighted by Gasteiger charge is -2.23. The highest BCUT2D eigenvalue weighted by molar-refractivity contribution is 5.93. The summed E-state index contributed by atoms with van der Waals surface area (Å²) in [5.41, 5.74) is 2.37. The summed E-state index contributed by atoms with van der Waals surface area (Å²) in [5.74, 6) is -0.0356. The summed E-state index contributed by atoms with van der Waals surface area (Å²) in [4.78, 5) is 23.4. The maximum atomic E-state index is 12.0. The van der Waals surface area contributed by atoms with Gasteiger partial charge in [0.05, 0.1) is 12.7 Å². The van der Waals surface area contributed by atoms with Crippen molar-refractivity contribution in [3.63, 3.8) is 0 Å². The van der Waals surface area contributed by atoms with Crippen molar-refractivity contribution in [2.45, 2.75) is 32.6 Å². The summed E-state index contributed by atoms with van der Waals surface area (Å²) in [7, 11) is 1.32. The largest absolute Gasteiger partial charge is 0.484 e. The van der Waals surface area contributed by atoms with Gasteiger partial charge in [-0.3, -0.25) is 4.79 Å². The Hall–Kier alpha value is -2.82. The SMILES string of the molecule is CCC(C)(C)c1ccc(OCC(=O)Nc2ccc(C(=O)OC)cc2)cc1. The molecule has 2 rings (SSSR count). The van der Waals surface area contributed by atoms with Gasteiger partial charge in [-0.15, -0.1) is 0 Å². The molecule has 0 unspecified atom stereocenters. The predicted molar refractivity (Wildman–Crippen MR) is 102 cm³/mol. The van der Waals surface area contributed by atoms with E-state index in [1.807, 2.05) is 24.3 Å². The standard InChI is InChI=1S/C21H25NO4/c1-5-21(2,3)16-8-12-18(13-9-16)26-14-19(23)22-17-10-6-15(7-11-17)20(24)25-4/h6-13H,5,14H2,1-4H3,(H,22,23). The van der Waals surface area contributed by atoms with Crippen LogP contribution in [0.2, 0.25) is 0 Å². The zero-order chi connectivity index (χ0) is 19.2. The van der Waals surface area contributed by atoms with Crippen LogP contribution >= 0.6 is 0 Å². The molecule has 0 heterocycles. The molecule has 0 bridgehead atoms. The van der Waals surface area contributed by atoms with E-state index >= 15 is 0 Å². The van der Waals surface area contributed by atoms with Crippen molar-refractivity contribution < 1.29 is 19.1 Å². The monoisotopic (exact) mass is 355 g/mol. The fraction of sp³-hybridized carbons (Fsp3) is 0.333. The highest BCUT2D eigenvalue weighted by atomic mass is 16.5. The first kappa shape index (κ1) is 19.5. The third-order valence-electron chi connectivity index (χ3n) is 4.48. The van der Waals surface area contributed by atoms with Crippen molar-refractivity contribution in [2.24, 2.45) is 0 Å². The Kier molecular flexibility index (Phi) is 6.39. The number of carbonyl (C=O) groups is 2. The van der Waals surface area contributed by atoms with Gasteiger partial charge in [0, 0.05) is 5.69 Å². The lowest BCUT2D eigenvalue weighted by atomic mass is 9.82. The van der Waals surface area contributed by atoms with Crippen LogP contribution in [0.5, 0.6) is 5.75 Å². The van der Waals surface area contributed by atoms with Crippen LogP contribution in [0.15, 0.2) is 48.5 Å². The molecule has 26 heavy (non-hydrogen) atoms. The minimum Gasteiger partial charge on any atom is -0.484 e. The van der Waals surface area contributed by atoms with Crippen LogP contribution in [-0.2, 0) is 14.9 Å². The molecule has 5 heteroatoms. The van der Waals surface area contributed by atoms with E-state index in [-0.39, 0.29) is 17.9 Å². The van der Waals surface area contributed by atoms with E-state index in [2.05, 4.69) is 30.8 Å². The summed E-state index contributed by atoms with van der Waals surface area (Å²) in [5, 5.41) is 2.73. The van der Waals surface area contributed by atoms with Crippen molar-refractivity contribution in [1.29, 1.82) is 0 Å². The Balaban J connectivity index is 1.88. The zero-order valence-corrected chi connectivity index (χ0v) is 15.7. The van der Waals surface area contributed by atoms with Crippen LogP contribution in [-0.4, -0.2) is 25.6 Å². The molecule has 138 valence electrons. The minimum atomic E-state index is -0.416. The first-order valence-electron chi connectivity index (χ1n) is 8.57. The number of benzene rings is 2. The van der Waals surface area contributed by atoms with Crippen molar-refractivity contribution in [1.82, 2.24) is 0 Å². The molecule has 0 aliphatic rings. The van der Waals surface area contributed by atoms with E-state index in [1.54, 1.807) is 24.3 Å². The molecule has 2 aromatic rings. The van der Waals surface area contributed by atoms with Gasteiger partial charge in [0.2, 0.25) is 0 Å². The second kappa shape index (κ2) is 8.52. The first-order chi connectivity index (χ1) is 12.4. The minimum absolute atomic E-state index is 0.0880. The van der Waals surface area contributed by atoms with E-state index in [4.69, 9.17) is 4.74 Å². The first-order valence-corrected chi connectivity index (χ1v) is 8.57. The number of methoxy groups -OCH3 is 1. The summed E-state index contributed by atoms with van der Waals surface area (Å²) in [6, 6.07) is 14.3. The number of nitrogens with one attached hydrogen (secondary N) is 1. The summed E-state index contributed by atoms with van der Waals surface area (Å²) in [6.07, 6.45) is 1.05. The number of rotatable bonds is 7. The quantitative estimate of drug-likeness (QED) is 0.757. The fourth-order valence-electron chi connectivity index (χ4n) is 2.36. The molecule has 0 aromatic heterocycles. The summed E-state index contributed by atoms with van der Waals surface area (Å²) in [6.45, 7) is 6.46. The molecule has 5 nitrogen and oxygen atoms in total. The van der Waals surface area contributed by atoms with E-state index in [1.165, 1.54) is 12.7 Å². The maximum absolute atomic E-state index is 12.0. The smallest absolute Gasteiger partial charge is 0.337 e. The highest BCUT2D eigenvalue weighted by Crippen LogP contribution is 2.28. The van der Waals surface area contributed by atoms with E-state index in [0.29, 0.717) is 17.0 Å². The van der Waals surface area contributed by atoms with E-state index in [0.717, 1.165) is 6.42 Å². The molecule has 1 amide bonds. The van der Waals surface area contributed by atoms with Gasteiger partial charge < -0.3 is 14.8 Å². The van der Waals surface area contributed by atoms with Crippen LogP contribution < -0.4 is 10.1 Å². The van der Waals surface area contributed by atoms with Gasteiger partial charge in [-0.05, 0) is 53.8 Å². The van der Waals surface area contributed by atoms with Crippen molar-refractivity contribution in [2.75, 3.05) is 19.0 Å². The molecule has 0 saturated carbocycles. The molecule has 0 atom stereocenters. The average molecular weight is 355 g/mol. The third kappa shape index (κ3) is 5.09. The van der Waals surface area contributed by atoms with Gasteiger partial charge in [0.1, 0.15) is 5.75 Å². The number of hydrogen-bond acceptors (Lipinski definition) is 4. The van der Waals surface area contributed by atoms with Crippen LogP contribution in [0.3, 0.4) is 0 Å². The number of amides is 1. The van der Waals surface area contributed by atoms with Crippen LogP contribution in [0.1, 0.15) is 43.1 Å². The third-order valence-corrected chi connectivity index (χ3v) is 4.48. The zero-order valence-electron chi connectivity index (χ0n) is 15.7. The lowest BCUT2D eigenvalue weighted by molar-refractivity contribution is -0.118. The number of ether oxygens (including phenoxy) is 2. The molecular formula is C21H25NO4. The second-order valence-electron chi connectivity index (χ2n) is 6.67. The second-order valence-corrected chi connectivity index (χ2v) is 6.67. The Morgan fingerprint density at radius 1 is 1.00 bits per heavy atom. The number of esters is 1. The normalized spacial score (nSPS) is 10.9. The maximum Gasteiger partial charge on any atom is 0.337 e. The predicted octanol–water partition coefficient (Wildman–Crippen LogP) is 4.18. The van der Waals surface area contributed by atoms with Gasteiger partial charge in [0.15, 0.2) is 6.61 Å². The molecule has 1 N–H and O–H groups in total. The highest BCUT2D eigenvalue weighted by Gasteiger charge is 2.17. The molecule has 0 aliphatic carbocycles. The molecule has 0 radical (unpaired) electrons. The van der Waals surface area contributed by atoms with E-state index in [9.17, 15) is 9.59 Å². The molecule has 2 aromatic carbocycles. The Morgan fingerprint density at radius 2 is 1.62 bits per heavy atom. The number of hydrogen-bond donors (Lipinski definition) is 1. The van der Waals surface area contributed by atoms with Crippen molar-refractivity contribution in [3.05, 3.63) is 59.7 Å². The van der Waals surface area contributed by atoms with Crippen LogP contribution in [0, 0.1) is 0 Å². The van der Waals surface area contributed by atoms with Gasteiger partial charge in [0.25, 0.3) is 5.91 Å². The van der Waals surface area contributed by atoms with Crippen LogP contribution in [0.25, 0.3) is 0 Å². The average Bonchev–Trinajstić information content (AvgIpc) is 2.66. The lowest BCUT2D eigenvalue weighted by Crippen LogP contribution is -2.20. The van der Waals surface area contributed by atoms with E-state index < -0.39 is 5.97 Å².